The summed E-state index contributed by atoms with van der Waals surface area (Å²) >= 11 is 6.14. The Kier molecular flexibility index (Phi) is 6.00. The van der Waals surface area contributed by atoms with Gasteiger partial charge in [0, 0.05) is 42.6 Å². The molecule has 1 heterocycles. The van der Waals surface area contributed by atoms with E-state index in [-0.39, 0.29) is 11.9 Å². The second-order valence-corrected chi connectivity index (χ2v) is 7.24. The molecule has 6 heteroatoms. The fraction of sp³-hybridized carbons (Fsp3) is 0.333. The van der Waals surface area contributed by atoms with E-state index in [0.29, 0.717) is 11.3 Å². The number of carbonyl (C=O) groups excluding carboxylic acids is 1. The Morgan fingerprint density at radius 1 is 1.15 bits per heavy atom. The zero-order chi connectivity index (χ0) is 19.4. The molecule has 1 N–H and O–H groups in total. The molecule has 1 saturated heterocycles. The topological polar surface area (TPSA) is 59.4 Å². The molecular formula is C21H23ClN4O. The molecule has 140 valence electrons. The quantitative estimate of drug-likeness (QED) is 0.876. The molecule has 0 bridgehead atoms. The monoisotopic (exact) mass is 382 g/mol. The van der Waals surface area contributed by atoms with Crippen LogP contribution in [-0.4, -0.2) is 43.0 Å². The number of nitrogens with zero attached hydrogens (tertiary/aromatic N) is 3. The van der Waals surface area contributed by atoms with Gasteiger partial charge in [-0.1, -0.05) is 17.7 Å². The Morgan fingerprint density at radius 2 is 1.81 bits per heavy atom. The number of nitrogens with one attached hydrogen (secondary N) is 1. The Balaban J connectivity index is 1.57. The minimum absolute atomic E-state index is 0.0351. The lowest BCUT2D eigenvalue weighted by Gasteiger charge is -2.39. The van der Waals surface area contributed by atoms with Crippen LogP contribution in [0.15, 0.2) is 42.5 Å². The van der Waals surface area contributed by atoms with Gasteiger partial charge < -0.3 is 10.2 Å². The number of anilines is 2. The van der Waals surface area contributed by atoms with Crippen LogP contribution in [0.4, 0.5) is 11.4 Å². The number of hydrogen-bond acceptors (Lipinski definition) is 4. The summed E-state index contributed by atoms with van der Waals surface area (Å²) in [5.74, 6) is -0.0351. The number of carbonyl (C=O) groups is 1. The van der Waals surface area contributed by atoms with Gasteiger partial charge in [-0.05, 0) is 55.8 Å². The van der Waals surface area contributed by atoms with E-state index >= 15 is 0 Å². The van der Waals surface area contributed by atoms with Crippen LogP contribution in [0.25, 0.3) is 0 Å². The van der Waals surface area contributed by atoms with Crippen LogP contribution in [-0.2, 0) is 4.79 Å². The van der Waals surface area contributed by atoms with Crippen molar-refractivity contribution in [1.82, 2.24) is 4.90 Å². The predicted molar refractivity (Wildman–Crippen MR) is 109 cm³/mol. The molecular weight excluding hydrogens is 360 g/mol. The molecule has 3 rings (SSSR count). The maximum atomic E-state index is 12.6. The molecule has 0 spiro atoms. The lowest BCUT2D eigenvalue weighted by molar-refractivity contribution is -0.120. The maximum Gasteiger partial charge on any atom is 0.241 e. The molecule has 1 aliphatic heterocycles. The number of nitriles is 1. The molecule has 1 fully saturated rings. The van der Waals surface area contributed by atoms with E-state index < -0.39 is 0 Å². The molecule has 1 amide bonds. The fourth-order valence-electron chi connectivity index (χ4n) is 3.31. The van der Waals surface area contributed by atoms with Gasteiger partial charge in [0.05, 0.1) is 17.7 Å². The third kappa shape index (κ3) is 4.60. The molecule has 0 aliphatic carbocycles. The van der Waals surface area contributed by atoms with Crippen molar-refractivity contribution in [1.29, 1.82) is 5.26 Å². The first-order valence-electron chi connectivity index (χ1n) is 9.04. The standard InChI is InChI=1S/C21H23ClN4O/c1-15-3-6-18(22)13-20(15)26-11-9-25(10-12-26)16(2)21(27)24-19-7-4-17(14-23)5-8-19/h3-8,13,16H,9-12H2,1-2H3,(H,24,27)/t16-/m0/s1. The summed E-state index contributed by atoms with van der Waals surface area (Å²) in [6.07, 6.45) is 0. The van der Waals surface area contributed by atoms with Crippen molar-refractivity contribution in [3.05, 3.63) is 58.6 Å². The van der Waals surface area contributed by atoms with E-state index in [2.05, 4.69) is 28.1 Å². The van der Waals surface area contributed by atoms with Gasteiger partial charge in [-0.15, -0.1) is 0 Å². The van der Waals surface area contributed by atoms with Crippen LogP contribution >= 0.6 is 11.6 Å². The fourth-order valence-corrected chi connectivity index (χ4v) is 3.48. The van der Waals surface area contributed by atoms with E-state index in [1.165, 1.54) is 5.56 Å². The average Bonchev–Trinajstić information content (AvgIpc) is 2.70. The zero-order valence-electron chi connectivity index (χ0n) is 15.6. The summed E-state index contributed by atoms with van der Waals surface area (Å²) in [5, 5.41) is 12.5. The molecule has 2 aromatic carbocycles. The van der Waals surface area contributed by atoms with Gasteiger partial charge in [0.2, 0.25) is 5.91 Å². The Bertz CT molecular complexity index is 851. The van der Waals surface area contributed by atoms with Crippen LogP contribution in [0.3, 0.4) is 0 Å². The smallest absolute Gasteiger partial charge is 0.241 e. The van der Waals surface area contributed by atoms with Gasteiger partial charge in [-0.2, -0.15) is 5.26 Å². The minimum atomic E-state index is -0.219. The molecule has 0 aromatic heterocycles. The number of hydrogen-bond donors (Lipinski definition) is 1. The second-order valence-electron chi connectivity index (χ2n) is 6.81. The Morgan fingerprint density at radius 3 is 2.44 bits per heavy atom. The van der Waals surface area contributed by atoms with E-state index in [4.69, 9.17) is 16.9 Å². The summed E-state index contributed by atoms with van der Waals surface area (Å²) in [4.78, 5) is 17.1. The van der Waals surface area contributed by atoms with Crippen molar-refractivity contribution in [2.24, 2.45) is 0 Å². The molecule has 27 heavy (non-hydrogen) atoms. The first-order chi connectivity index (χ1) is 13.0. The number of amides is 1. The molecule has 0 saturated carbocycles. The van der Waals surface area contributed by atoms with E-state index in [1.807, 2.05) is 25.1 Å². The maximum absolute atomic E-state index is 12.6. The molecule has 0 unspecified atom stereocenters. The van der Waals surface area contributed by atoms with Crippen LogP contribution in [0.1, 0.15) is 18.1 Å². The first-order valence-corrected chi connectivity index (χ1v) is 9.42. The summed E-state index contributed by atoms with van der Waals surface area (Å²) in [6.45, 7) is 7.36. The van der Waals surface area contributed by atoms with Crippen LogP contribution in [0.5, 0.6) is 0 Å². The molecule has 2 aromatic rings. The van der Waals surface area contributed by atoms with Gasteiger partial charge >= 0.3 is 0 Å². The normalized spacial score (nSPS) is 15.9. The summed E-state index contributed by atoms with van der Waals surface area (Å²) in [7, 11) is 0. The van der Waals surface area contributed by atoms with Crippen molar-refractivity contribution >= 4 is 28.9 Å². The van der Waals surface area contributed by atoms with Gasteiger partial charge in [0.1, 0.15) is 0 Å². The molecule has 0 radical (unpaired) electrons. The van der Waals surface area contributed by atoms with Crippen molar-refractivity contribution < 1.29 is 4.79 Å². The Labute approximate surface area is 165 Å². The van der Waals surface area contributed by atoms with Crippen molar-refractivity contribution in [3.63, 3.8) is 0 Å². The number of rotatable bonds is 4. The lowest BCUT2D eigenvalue weighted by atomic mass is 10.1. The van der Waals surface area contributed by atoms with Gasteiger partial charge in [0.25, 0.3) is 0 Å². The minimum Gasteiger partial charge on any atom is -0.369 e. The van der Waals surface area contributed by atoms with Crippen LogP contribution in [0, 0.1) is 18.3 Å². The summed E-state index contributed by atoms with van der Waals surface area (Å²) in [6, 6.07) is 14.7. The highest BCUT2D eigenvalue weighted by Crippen LogP contribution is 2.25. The number of benzene rings is 2. The van der Waals surface area contributed by atoms with E-state index in [9.17, 15) is 4.79 Å². The molecule has 1 aliphatic rings. The average molecular weight is 383 g/mol. The van der Waals surface area contributed by atoms with Gasteiger partial charge in [-0.25, -0.2) is 0 Å². The second kappa shape index (κ2) is 8.43. The number of piperazine rings is 1. The highest BCUT2D eigenvalue weighted by Gasteiger charge is 2.26. The predicted octanol–water partition coefficient (Wildman–Crippen LogP) is 3.67. The highest BCUT2D eigenvalue weighted by atomic mass is 35.5. The number of aryl methyl sites for hydroxylation is 1. The third-order valence-electron chi connectivity index (χ3n) is 5.03. The molecule has 5 nitrogen and oxygen atoms in total. The summed E-state index contributed by atoms with van der Waals surface area (Å²) in [5.41, 5.74) is 3.66. The van der Waals surface area contributed by atoms with E-state index in [1.54, 1.807) is 24.3 Å². The number of halogens is 1. The zero-order valence-corrected chi connectivity index (χ0v) is 16.3. The SMILES string of the molecule is Cc1ccc(Cl)cc1N1CCN([C@@H](C)C(=O)Nc2ccc(C#N)cc2)CC1. The Hall–Kier alpha value is -2.55. The van der Waals surface area contributed by atoms with Crippen molar-refractivity contribution in [2.75, 3.05) is 36.4 Å². The van der Waals surface area contributed by atoms with Gasteiger partial charge in [0.15, 0.2) is 0 Å². The van der Waals surface area contributed by atoms with Crippen molar-refractivity contribution in [3.8, 4) is 6.07 Å². The largest absolute Gasteiger partial charge is 0.369 e. The lowest BCUT2D eigenvalue weighted by Crippen LogP contribution is -2.53. The summed E-state index contributed by atoms with van der Waals surface area (Å²) < 4.78 is 0. The van der Waals surface area contributed by atoms with E-state index in [0.717, 1.165) is 36.9 Å². The van der Waals surface area contributed by atoms with Crippen LogP contribution < -0.4 is 10.2 Å². The third-order valence-corrected chi connectivity index (χ3v) is 5.27. The van der Waals surface area contributed by atoms with Gasteiger partial charge in [-0.3, -0.25) is 9.69 Å². The first kappa shape index (κ1) is 19.2. The highest BCUT2D eigenvalue weighted by molar-refractivity contribution is 6.30. The van der Waals surface area contributed by atoms with Crippen LogP contribution in [0.2, 0.25) is 5.02 Å². The molecule has 1 atom stereocenters. The van der Waals surface area contributed by atoms with Crippen molar-refractivity contribution in [2.45, 2.75) is 19.9 Å².